The molecule has 0 atom stereocenters. The monoisotopic (exact) mass is 377 g/mol. The van der Waals surface area contributed by atoms with E-state index in [1.165, 1.54) is 0 Å². The third-order valence-electron chi connectivity index (χ3n) is 4.24. The number of nitrogens with zero attached hydrogens (tertiary/aromatic N) is 3. The number of furan rings is 1. The van der Waals surface area contributed by atoms with Crippen LogP contribution in [-0.4, -0.2) is 14.8 Å². The Morgan fingerprint density at radius 1 is 1.00 bits per heavy atom. The van der Waals surface area contributed by atoms with Gasteiger partial charge >= 0.3 is 0 Å². The molecule has 2 heterocycles. The quantitative estimate of drug-likeness (QED) is 0.417. The maximum atomic E-state index is 6.04. The highest BCUT2D eigenvalue weighted by atomic mass is 32.2. The maximum Gasteiger partial charge on any atom is 0.191 e. The summed E-state index contributed by atoms with van der Waals surface area (Å²) >= 11 is 1.63. The lowest BCUT2D eigenvalue weighted by molar-refractivity contribution is 0.478. The van der Waals surface area contributed by atoms with Gasteiger partial charge in [0.15, 0.2) is 11.0 Å². The molecule has 6 heteroatoms. The Hall–Kier alpha value is -2.99. The Morgan fingerprint density at radius 2 is 1.78 bits per heavy atom. The summed E-state index contributed by atoms with van der Waals surface area (Å²) in [6, 6.07) is 19.8. The minimum atomic E-state index is 0.735. The molecule has 2 aromatic heterocycles. The predicted molar refractivity (Wildman–Crippen MR) is 106 cm³/mol. The van der Waals surface area contributed by atoms with Crippen molar-refractivity contribution in [1.82, 2.24) is 14.8 Å². The van der Waals surface area contributed by atoms with Crippen LogP contribution in [0.25, 0.3) is 11.4 Å². The minimum absolute atomic E-state index is 0.735. The van der Waals surface area contributed by atoms with E-state index in [0.29, 0.717) is 0 Å². The summed E-state index contributed by atoms with van der Waals surface area (Å²) in [6.45, 7) is 1.92. The van der Waals surface area contributed by atoms with Crippen LogP contribution in [0.3, 0.4) is 0 Å². The molecule has 0 radical (unpaired) electrons. The average Bonchev–Trinajstić information content (AvgIpc) is 3.27. The molecule has 0 spiro atoms. The number of aryl methyl sites for hydroxylation is 1. The van der Waals surface area contributed by atoms with Crippen molar-refractivity contribution in [1.29, 1.82) is 0 Å². The number of para-hydroxylation sites is 2. The molecule has 0 N–H and O–H groups in total. The van der Waals surface area contributed by atoms with Gasteiger partial charge in [-0.1, -0.05) is 48.2 Å². The Balaban J connectivity index is 1.52. The molecule has 4 aromatic rings. The fourth-order valence-electron chi connectivity index (χ4n) is 2.77. The topological polar surface area (TPSA) is 53.1 Å². The van der Waals surface area contributed by atoms with Crippen LogP contribution in [0.5, 0.6) is 11.5 Å². The maximum absolute atomic E-state index is 6.04. The molecule has 0 aliphatic heterocycles. The van der Waals surface area contributed by atoms with E-state index in [2.05, 4.69) is 16.3 Å². The number of rotatable bonds is 6. The van der Waals surface area contributed by atoms with Crippen LogP contribution in [0.2, 0.25) is 0 Å². The highest BCUT2D eigenvalue weighted by molar-refractivity contribution is 7.98. The van der Waals surface area contributed by atoms with Gasteiger partial charge in [0.1, 0.15) is 17.3 Å². The summed E-state index contributed by atoms with van der Waals surface area (Å²) in [7, 11) is 1.97. The molecule has 5 nitrogen and oxygen atoms in total. The molecular weight excluding hydrogens is 358 g/mol. The molecule has 0 amide bonds. The van der Waals surface area contributed by atoms with E-state index in [1.54, 1.807) is 18.0 Å². The second-order valence-corrected chi connectivity index (χ2v) is 7.01. The molecular formula is C21H19N3O2S. The summed E-state index contributed by atoms with van der Waals surface area (Å²) in [5.41, 5.74) is 2.07. The van der Waals surface area contributed by atoms with Crippen molar-refractivity contribution in [3.05, 3.63) is 78.3 Å². The molecule has 2 aromatic carbocycles. The minimum Gasteiger partial charge on any atom is -0.469 e. The summed E-state index contributed by atoms with van der Waals surface area (Å²) in [5.74, 6) is 4.05. The number of hydrogen-bond donors (Lipinski definition) is 0. The number of aromatic nitrogens is 3. The summed E-state index contributed by atoms with van der Waals surface area (Å²) in [6.07, 6.45) is 1.67. The molecule has 27 heavy (non-hydrogen) atoms. The average molecular weight is 377 g/mol. The Morgan fingerprint density at radius 3 is 2.56 bits per heavy atom. The molecule has 0 fully saturated rings. The first-order valence-corrected chi connectivity index (χ1v) is 9.58. The van der Waals surface area contributed by atoms with Crippen LogP contribution in [-0.2, 0) is 12.8 Å². The number of hydrogen-bond acceptors (Lipinski definition) is 5. The predicted octanol–water partition coefficient (Wildman–Crippen LogP) is 5.47. The van der Waals surface area contributed by atoms with E-state index in [1.807, 2.05) is 73.1 Å². The van der Waals surface area contributed by atoms with Crippen LogP contribution in [0.1, 0.15) is 11.3 Å². The first-order chi connectivity index (χ1) is 13.2. The fraction of sp³-hybridized carbons (Fsp3) is 0.143. The van der Waals surface area contributed by atoms with Crippen LogP contribution in [0.4, 0.5) is 0 Å². The molecule has 4 rings (SSSR count). The van der Waals surface area contributed by atoms with Crippen molar-refractivity contribution in [2.45, 2.75) is 17.8 Å². The van der Waals surface area contributed by atoms with E-state index in [0.717, 1.165) is 45.1 Å². The Labute approximate surface area is 162 Å². The number of ether oxygens (including phenoxy) is 1. The molecule has 0 saturated heterocycles. The first kappa shape index (κ1) is 17.4. The third-order valence-corrected chi connectivity index (χ3v) is 5.30. The van der Waals surface area contributed by atoms with Gasteiger partial charge in [0.05, 0.1) is 11.8 Å². The van der Waals surface area contributed by atoms with E-state index in [-0.39, 0.29) is 0 Å². The second-order valence-electron chi connectivity index (χ2n) is 6.07. The van der Waals surface area contributed by atoms with Gasteiger partial charge in [0.25, 0.3) is 0 Å². The van der Waals surface area contributed by atoms with Gasteiger partial charge in [-0.15, -0.1) is 10.2 Å². The number of thioether (sulfide) groups is 1. The van der Waals surface area contributed by atoms with Crippen LogP contribution < -0.4 is 4.74 Å². The number of benzene rings is 2. The van der Waals surface area contributed by atoms with E-state index in [4.69, 9.17) is 9.15 Å². The molecule has 0 aliphatic carbocycles. The van der Waals surface area contributed by atoms with Crippen molar-refractivity contribution in [3.63, 3.8) is 0 Å². The highest BCUT2D eigenvalue weighted by Gasteiger charge is 2.15. The van der Waals surface area contributed by atoms with Crippen molar-refractivity contribution in [2.24, 2.45) is 7.05 Å². The molecule has 0 saturated carbocycles. The van der Waals surface area contributed by atoms with Gasteiger partial charge in [0, 0.05) is 18.4 Å². The van der Waals surface area contributed by atoms with Crippen LogP contribution in [0.15, 0.2) is 76.5 Å². The van der Waals surface area contributed by atoms with Crippen molar-refractivity contribution >= 4 is 11.8 Å². The molecule has 0 bridgehead atoms. The lowest BCUT2D eigenvalue weighted by atomic mass is 10.2. The van der Waals surface area contributed by atoms with Gasteiger partial charge in [-0.25, -0.2) is 0 Å². The van der Waals surface area contributed by atoms with E-state index < -0.39 is 0 Å². The smallest absolute Gasteiger partial charge is 0.191 e. The normalized spacial score (nSPS) is 10.9. The van der Waals surface area contributed by atoms with Gasteiger partial charge in [-0.3, -0.25) is 0 Å². The zero-order chi connectivity index (χ0) is 18.6. The first-order valence-electron chi connectivity index (χ1n) is 8.60. The van der Waals surface area contributed by atoms with Crippen LogP contribution >= 0.6 is 11.8 Å². The zero-order valence-electron chi connectivity index (χ0n) is 15.1. The van der Waals surface area contributed by atoms with Gasteiger partial charge < -0.3 is 13.7 Å². The third kappa shape index (κ3) is 3.75. The van der Waals surface area contributed by atoms with Crippen molar-refractivity contribution in [2.75, 3.05) is 0 Å². The van der Waals surface area contributed by atoms with E-state index >= 15 is 0 Å². The van der Waals surface area contributed by atoms with Gasteiger partial charge in [-0.05, 0) is 31.2 Å². The van der Waals surface area contributed by atoms with Crippen molar-refractivity contribution in [3.8, 4) is 22.9 Å². The van der Waals surface area contributed by atoms with Gasteiger partial charge in [0.2, 0.25) is 0 Å². The summed E-state index contributed by atoms with van der Waals surface area (Å²) in [5, 5.41) is 9.50. The Kier molecular flexibility index (Phi) is 4.98. The van der Waals surface area contributed by atoms with E-state index in [9.17, 15) is 0 Å². The summed E-state index contributed by atoms with van der Waals surface area (Å²) in [4.78, 5) is 0. The standard InChI is InChI=1S/C21H19N3O2S/c1-15-18(12-13-25-15)20-22-23-21(24(20)2)27-14-16-8-6-7-11-19(16)26-17-9-4-3-5-10-17/h3-13H,14H2,1-2H3. The Bertz CT molecular complexity index is 1040. The van der Waals surface area contributed by atoms with Crippen molar-refractivity contribution < 1.29 is 9.15 Å². The van der Waals surface area contributed by atoms with Crippen LogP contribution in [0, 0.1) is 6.92 Å². The lowest BCUT2D eigenvalue weighted by Gasteiger charge is -2.10. The van der Waals surface area contributed by atoms with Gasteiger partial charge in [-0.2, -0.15) is 0 Å². The SMILES string of the molecule is Cc1occc1-c1nnc(SCc2ccccc2Oc2ccccc2)n1C. The lowest BCUT2D eigenvalue weighted by Crippen LogP contribution is -1.96. The highest BCUT2D eigenvalue weighted by Crippen LogP contribution is 2.31. The molecule has 136 valence electrons. The zero-order valence-corrected chi connectivity index (χ0v) is 15.9. The largest absolute Gasteiger partial charge is 0.469 e. The fourth-order valence-corrected chi connectivity index (χ4v) is 3.67. The molecule has 0 unspecified atom stereocenters. The molecule has 0 aliphatic rings. The summed E-state index contributed by atoms with van der Waals surface area (Å²) < 4.78 is 13.4. The second kappa shape index (κ2) is 7.72.